The summed E-state index contributed by atoms with van der Waals surface area (Å²) in [5, 5.41) is 8.70. The Morgan fingerprint density at radius 1 is 1.55 bits per heavy atom. The van der Waals surface area contributed by atoms with Crippen molar-refractivity contribution in [2.24, 2.45) is 0 Å². The molecule has 3 nitrogen and oxygen atoms in total. The van der Waals surface area contributed by atoms with Crippen LogP contribution >= 0.6 is 0 Å². The van der Waals surface area contributed by atoms with Crippen LogP contribution in [0.15, 0.2) is 15.5 Å². The SMILES string of the molecule is Cc1coc(CO)c(C)c1=O. The van der Waals surface area contributed by atoms with E-state index in [1.807, 2.05) is 0 Å². The average Bonchev–Trinajstić information content (AvgIpc) is 2.01. The molecule has 0 saturated carbocycles. The molecule has 0 radical (unpaired) electrons. The Morgan fingerprint density at radius 2 is 2.18 bits per heavy atom. The van der Waals surface area contributed by atoms with E-state index in [1.54, 1.807) is 13.8 Å². The van der Waals surface area contributed by atoms with Gasteiger partial charge in [-0.25, -0.2) is 0 Å². The van der Waals surface area contributed by atoms with E-state index in [1.165, 1.54) is 6.26 Å². The molecule has 0 amide bonds. The first-order valence-corrected chi connectivity index (χ1v) is 3.35. The minimum atomic E-state index is -0.221. The van der Waals surface area contributed by atoms with Crippen LogP contribution in [0.2, 0.25) is 0 Å². The molecule has 0 unspecified atom stereocenters. The fourth-order valence-electron chi connectivity index (χ4n) is 0.880. The third-order valence-corrected chi connectivity index (χ3v) is 1.64. The van der Waals surface area contributed by atoms with Crippen molar-refractivity contribution < 1.29 is 9.52 Å². The number of aliphatic hydroxyl groups excluding tert-OH is 1. The molecule has 1 rings (SSSR count). The molecule has 0 aliphatic heterocycles. The van der Waals surface area contributed by atoms with Gasteiger partial charge in [0.1, 0.15) is 12.4 Å². The summed E-state index contributed by atoms with van der Waals surface area (Å²) in [5.74, 6) is 0.348. The molecule has 0 saturated heterocycles. The molecule has 0 aliphatic rings. The van der Waals surface area contributed by atoms with Crippen LogP contribution in [-0.4, -0.2) is 5.11 Å². The molecule has 0 spiro atoms. The molecule has 0 bridgehead atoms. The minimum Gasteiger partial charge on any atom is -0.466 e. The Kier molecular flexibility index (Phi) is 2.10. The maximum atomic E-state index is 11.2. The van der Waals surface area contributed by atoms with Crippen molar-refractivity contribution in [1.82, 2.24) is 0 Å². The van der Waals surface area contributed by atoms with E-state index >= 15 is 0 Å². The van der Waals surface area contributed by atoms with Crippen LogP contribution in [0, 0.1) is 13.8 Å². The molecule has 1 aromatic rings. The van der Waals surface area contributed by atoms with Gasteiger partial charge in [0.25, 0.3) is 0 Å². The first-order valence-electron chi connectivity index (χ1n) is 3.35. The fourth-order valence-corrected chi connectivity index (χ4v) is 0.880. The van der Waals surface area contributed by atoms with Gasteiger partial charge in [0.05, 0.1) is 6.26 Å². The lowest BCUT2D eigenvalue weighted by Crippen LogP contribution is -2.10. The first-order chi connectivity index (χ1) is 5.16. The van der Waals surface area contributed by atoms with Gasteiger partial charge in [-0.15, -0.1) is 0 Å². The largest absolute Gasteiger partial charge is 0.466 e. The number of hydrogen-bond donors (Lipinski definition) is 1. The van der Waals surface area contributed by atoms with E-state index in [4.69, 9.17) is 9.52 Å². The van der Waals surface area contributed by atoms with Gasteiger partial charge in [-0.1, -0.05) is 0 Å². The van der Waals surface area contributed by atoms with E-state index in [0.717, 1.165) is 0 Å². The average molecular weight is 154 g/mol. The monoisotopic (exact) mass is 154 g/mol. The van der Waals surface area contributed by atoms with Crippen molar-refractivity contribution in [3.8, 4) is 0 Å². The Bertz CT molecular complexity index is 312. The predicted octanol–water partition coefficient (Wildman–Crippen LogP) is 0.749. The van der Waals surface area contributed by atoms with Crippen LogP contribution in [-0.2, 0) is 6.61 Å². The van der Waals surface area contributed by atoms with Crippen molar-refractivity contribution in [3.05, 3.63) is 33.4 Å². The van der Waals surface area contributed by atoms with Crippen LogP contribution in [0.1, 0.15) is 16.9 Å². The smallest absolute Gasteiger partial charge is 0.190 e. The van der Waals surface area contributed by atoms with E-state index < -0.39 is 0 Å². The molecule has 0 fully saturated rings. The lowest BCUT2D eigenvalue weighted by atomic mass is 10.2. The van der Waals surface area contributed by atoms with E-state index in [2.05, 4.69) is 0 Å². The van der Waals surface area contributed by atoms with Gasteiger partial charge in [-0.3, -0.25) is 4.79 Å². The lowest BCUT2D eigenvalue weighted by molar-refractivity contribution is 0.241. The molecule has 60 valence electrons. The first kappa shape index (κ1) is 8.01. The van der Waals surface area contributed by atoms with Crippen molar-refractivity contribution in [2.45, 2.75) is 20.5 Å². The fraction of sp³-hybridized carbons (Fsp3) is 0.375. The maximum Gasteiger partial charge on any atom is 0.190 e. The maximum absolute atomic E-state index is 11.2. The Morgan fingerprint density at radius 3 is 2.73 bits per heavy atom. The summed E-state index contributed by atoms with van der Waals surface area (Å²) in [6.45, 7) is 3.10. The van der Waals surface area contributed by atoms with Gasteiger partial charge < -0.3 is 9.52 Å². The summed E-state index contributed by atoms with van der Waals surface area (Å²) >= 11 is 0. The van der Waals surface area contributed by atoms with Crippen LogP contribution in [0.3, 0.4) is 0 Å². The molecule has 0 atom stereocenters. The number of aliphatic hydroxyl groups is 1. The quantitative estimate of drug-likeness (QED) is 0.649. The second-order valence-electron chi connectivity index (χ2n) is 2.45. The summed E-state index contributed by atoms with van der Waals surface area (Å²) in [5.41, 5.74) is 1.01. The van der Waals surface area contributed by atoms with Gasteiger partial charge in [0, 0.05) is 11.1 Å². The Hall–Kier alpha value is -1.09. The van der Waals surface area contributed by atoms with E-state index in [0.29, 0.717) is 16.9 Å². The van der Waals surface area contributed by atoms with E-state index in [-0.39, 0.29) is 12.0 Å². The highest BCUT2D eigenvalue weighted by molar-refractivity contribution is 5.19. The second-order valence-corrected chi connectivity index (χ2v) is 2.45. The van der Waals surface area contributed by atoms with Gasteiger partial charge in [0.15, 0.2) is 5.43 Å². The summed E-state index contributed by atoms with van der Waals surface area (Å²) in [6.07, 6.45) is 1.36. The summed E-state index contributed by atoms with van der Waals surface area (Å²) in [6, 6.07) is 0. The molecule has 11 heavy (non-hydrogen) atoms. The molecular weight excluding hydrogens is 144 g/mol. The molecule has 0 aromatic carbocycles. The van der Waals surface area contributed by atoms with Crippen molar-refractivity contribution in [2.75, 3.05) is 0 Å². The van der Waals surface area contributed by atoms with Gasteiger partial charge in [-0.2, -0.15) is 0 Å². The zero-order chi connectivity index (χ0) is 8.43. The number of hydrogen-bond acceptors (Lipinski definition) is 3. The second kappa shape index (κ2) is 2.88. The van der Waals surface area contributed by atoms with Gasteiger partial charge in [-0.05, 0) is 13.8 Å². The van der Waals surface area contributed by atoms with Gasteiger partial charge in [0.2, 0.25) is 0 Å². The summed E-state index contributed by atoms with van der Waals surface area (Å²) < 4.78 is 4.97. The molecule has 1 N–H and O–H groups in total. The van der Waals surface area contributed by atoms with Crippen molar-refractivity contribution in [3.63, 3.8) is 0 Å². The highest BCUT2D eigenvalue weighted by atomic mass is 16.4. The lowest BCUT2D eigenvalue weighted by Gasteiger charge is -1.99. The highest BCUT2D eigenvalue weighted by Crippen LogP contribution is 2.03. The molecule has 3 heteroatoms. The van der Waals surface area contributed by atoms with Crippen molar-refractivity contribution in [1.29, 1.82) is 0 Å². The summed E-state index contributed by atoms with van der Waals surface area (Å²) in [4.78, 5) is 11.2. The van der Waals surface area contributed by atoms with Crippen LogP contribution < -0.4 is 5.43 Å². The standard InChI is InChI=1S/C8H10O3/c1-5-4-11-7(3-9)6(2)8(5)10/h4,9H,3H2,1-2H3. The van der Waals surface area contributed by atoms with Crippen LogP contribution in [0.5, 0.6) is 0 Å². The molecule has 1 aromatic heterocycles. The van der Waals surface area contributed by atoms with Crippen LogP contribution in [0.25, 0.3) is 0 Å². The van der Waals surface area contributed by atoms with Gasteiger partial charge >= 0.3 is 0 Å². The summed E-state index contributed by atoms with van der Waals surface area (Å²) in [7, 11) is 0. The Balaban J connectivity index is 3.37. The molecular formula is C8H10O3. The zero-order valence-corrected chi connectivity index (χ0v) is 6.55. The highest BCUT2D eigenvalue weighted by Gasteiger charge is 2.04. The number of rotatable bonds is 1. The zero-order valence-electron chi connectivity index (χ0n) is 6.55. The van der Waals surface area contributed by atoms with E-state index in [9.17, 15) is 4.79 Å². The normalized spacial score (nSPS) is 10.1. The predicted molar refractivity (Wildman–Crippen MR) is 40.4 cm³/mol. The van der Waals surface area contributed by atoms with Crippen LogP contribution in [0.4, 0.5) is 0 Å². The topological polar surface area (TPSA) is 50.4 Å². The third kappa shape index (κ3) is 1.33. The minimum absolute atomic E-state index is 0.0553. The Labute approximate surface area is 64.3 Å². The molecule has 1 heterocycles. The third-order valence-electron chi connectivity index (χ3n) is 1.64. The molecule has 0 aliphatic carbocycles. The van der Waals surface area contributed by atoms with Crippen molar-refractivity contribution >= 4 is 0 Å². The number of aryl methyl sites for hydroxylation is 1.